The normalized spacial score (nSPS) is 21.6. The van der Waals surface area contributed by atoms with Crippen LogP contribution in [0, 0.1) is 5.92 Å². The number of carbonyl (C=O) groups excluding carboxylic acids is 2. The monoisotopic (exact) mass is 311 g/mol. The van der Waals surface area contributed by atoms with Gasteiger partial charge in [0.05, 0.1) is 24.9 Å². The second-order valence-corrected chi connectivity index (χ2v) is 5.39. The largest absolute Gasteiger partial charge is 0.466 e. The van der Waals surface area contributed by atoms with Crippen LogP contribution in [0.3, 0.4) is 0 Å². The van der Waals surface area contributed by atoms with Crippen LogP contribution in [0.4, 0.5) is 0 Å². The molecule has 21 heavy (non-hydrogen) atoms. The third kappa shape index (κ3) is 4.39. The smallest absolute Gasteiger partial charge is 0.308 e. The van der Waals surface area contributed by atoms with Gasteiger partial charge in [-0.3, -0.25) is 9.59 Å². The van der Waals surface area contributed by atoms with Gasteiger partial charge < -0.3 is 10.1 Å². The number of aromatic nitrogens is 2. The van der Waals surface area contributed by atoms with E-state index in [1.54, 1.807) is 6.92 Å². The average Bonchev–Trinajstić information content (AvgIpc) is 2.49. The first-order valence-corrected chi connectivity index (χ1v) is 7.43. The van der Waals surface area contributed by atoms with Gasteiger partial charge in [0, 0.05) is 6.04 Å². The summed E-state index contributed by atoms with van der Waals surface area (Å²) in [6.45, 7) is 2.21. The van der Waals surface area contributed by atoms with Gasteiger partial charge in [-0.15, -0.1) is 0 Å². The van der Waals surface area contributed by atoms with Gasteiger partial charge in [0.25, 0.3) is 5.91 Å². The second kappa shape index (κ2) is 7.36. The Kier molecular flexibility index (Phi) is 5.50. The van der Waals surface area contributed by atoms with E-state index in [1.807, 2.05) is 0 Å². The van der Waals surface area contributed by atoms with Crippen LogP contribution in [0.1, 0.15) is 43.1 Å². The predicted octanol–water partition coefficient (Wildman–Crippen LogP) is 1.98. The Hall–Kier alpha value is -1.69. The number of carbonyl (C=O) groups is 2. The molecule has 0 saturated heterocycles. The number of amides is 1. The number of rotatable bonds is 4. The van der Waals surface area contributed by atoms with Gasteiger partial charge in [-0.25, -0.2) is 9.97 Å². The lowest BCUT2D eigenvalue weighted by molar-refractivity contribution is -0.149. The van der Waals surface area contributed by atoms with Crippen molar-refractivity contribution in [1.29, 1.82) is 0 Å². The Morgan fingerprint density at radius 1 is 1.29 bits per heavy atom. The van der Waals surface area contributed by atoms with Crippen LogP contribution >= 0.6 is 11.6 Å². The minimum absolute atomic E-state index is 0.0478. The van der Waals surface area contributed by atoms with E-state index in [1.165, 1.54) is 12.4 Å². The Bertz CT molecular complexity index is 499. The molecule has 0 radical (unpaired) electrons. The fourth-order valence-electron chi connectivity index (χ4n) is 2.42. The summed E-state index contributed by atoms with van der Waals surface area (Å²) in [5.41, 5.74) is 0.243. The maximum atomic E-state index is 12.0. The summed E-state index contributed by atoms with van der Waals surface area (Å²) in [4.78, 5) is 31.4. The van der Waals surface area contributed by atoms with E-state index >= 15 is 0 Å². The molecule has 1 aromatic heterocycles. The summed E-state index contributed by atoms with van der Waals surface area (Å²) in [5, 5.41) is 3.16. The zero-order valence-corrected chi connectivity index (χ0v) is 12.6. The number of halogens is 1. The number of esters is 1. The molecule has 0 bridgehead atoms. The Balaban J connectivity index is 1.82. The summed E-state index contributed by atoms with van der Waals surface area (Å²) in [6, 6.07) is 0.0562. The molecule has 0 atom stereocenters. The van der Waals surface area contributed by atoms with E-state index in [4.69, 9.17) is 16.3 Å². The number of nitrogens with zero attached hydrogens (tertiary/aromatic N) is 2. The van der Waals surface area contributed by atoms with E-state index in [0.717, 1.165) is 25.7 Å². The van der Waals surface area contributed by atoms with E-state index in [-0.39, 0.29) is 34.7 Å². The van der Waals surface area contributed by atoms with Gasteiger partial charge in [0.15, 0.2) is 0 Å². The van der Waals surface area contributed by atoms with E-state index in [2.05, 4.69) is 15.3 Å². The molecular weight excluding hydrogens is 294 g/mol. The molecule has 114 valence electrons. The number of nitrogens with one attached hydrogen (secondary N) is 1. The highest BCUT2D eigenvalue weighted by molar-refractivity contribution is 6.29. The summed E-state index contributed by atoms with van der Waals surface area (Å²) in [5.74, 6) is -0.446. The highest BCUT2D eigenvalue weighted by atomic mass is 35.5. The Morgan fingerprint density at radius 3 is 2.57 bits per heavy atom. The molecule has 0 spiro atoms. The molecule has 1 aromatic rings. The van der Waals surface area contributed by atoms with Crippen LogP contribution in [0.2, 0.25) is 5.15 Å². The number of ether oxygens (including phenoxy) is 1. The van der Waals surface area contributed by atoms with E-state index < -0.39 is 0 Å². The van der Waals surface area contributed by atoms with Gasteiger partial charge >= 0.3 is 5.97 Å². The van der Waals surface area contributed by atoms with Crippen molar-refractivity contribution >= 4 is 23.5 Å². The lowest BCUT2D eigenvalue weighted by atomic mass is 9.86. The van der Waals surface area contributed by atoms with Crippen LogP contribution in [0.5, 0.6) is 0 Å². The zero-order chi connectivity index (χ0) is 15.2. The van der Waals surface area contributed by atoms with Crippen molar-refractivity contribution in [1.82, 2.24) is 15.3 Å². The SMILES string of the molecule is CCOC(=O)C1CCC(NC(=O)c2cnc(Cl)cn2)CC1. The predicted molar refractivity (Wildman–Crippen MR) is 76.9 cm³/mol. The van der Waals surface area contributed by atoms with Crippen LogP contribution < -0.4 is 5.32 Å². The van der Waals surface area contributed by atoms with Crippen molar-refractivity contribution in [2.75, 3.05) is 6.61 Å². The first-order valence-electron chi connectivity index (χ1n) is 7.05. The maximum Gasteiger partial charge on any atom is 0.308 e. The minimum Gasteiger partial charge on any atom is -0.466 e. The van der Waals surface area contributed by atoms with Gasteiger partial charge in [-0.05, 0) is 32.6 Å². The van der Waals surface area contributed by atoms with Crippen molar-refractivity contribution in [3.05, 3.63) is 23.2 Å². The molecule has 1 amide bonds. The van der Waals surface area contributed by atoms with Crippen molar-refractivity contribution < 1.29 is 14.3 Å². The summed E-state index contributed by atoms with van der Waals surface area (Å²) < 4.78 is 5.02. The average molecular weight is 312 g/mol. The molecule has 0 unspecified atom stereocenters. The third-order valence-electron chi connectivity index (χ3n) is 3.54. The van der Waals surface area contributed by atoms with Crippen molar-refractivity contribution in [3.8, 4) is 0 Å². The van der Waals surface area contributed by atoms with Gasteiger partial charge in [-0.2, -0.15) is 0 Å². The van der Waals surface area contributed by atoms with E-state index in [0.29, 0.717) is 6.61 Å². The van der Waals surface area contributed by atoms with Gasteiger partial charge in [-0.1, -0.05) is 11.6 Å². The lowest BCUT2D eigenvalue weighted by Gasteiger charge is -2.27. The van der Waals surface area contributed by atoms with E-state index in [9.17, 15) is 9.59 Å². The molecule has 0 aliphatic heterocycles. The van der Waals surface area contributed by atoms with Gasteiger partial charge in [0.1, 0.15) is 10.8 Å². The molecule has 1 saturated carbocycles. The van der Waals surface area contributed by atoms with Crippen molar-refractivity contribution in [2.45, 2.75) is 38.6 Å². The third-order valence-corrected chi connectivity index (χ3v) is 3.73. The molecule has 1 fully saturated rings. The molecule has 1 aliphatic rings. The Morgan fingerprint density at radius 2 is 2.00 bits per heavy atom. The van der Waals surface area contributed by atoms with Gasteiger partial charge in [0.2, 0.25) is 0 Å². The molecule has 6 nitrogen and oxygen atoms in total. The van der Waals surface area contributed by atoms with Crippen molar-refractivity contribution in [3.63, 3.8) is 0 Å². The number of hydrogen-bond donors (Lipinski definition) is 1. The van der Waals surface area contributed by atoms with Crippen LogP contribution in [-0.4, -0.2) is 34.5 Å². The molecule has 1 heterocycles. The molecule has 2 rings (SSSR count). The minimum atomic E-state index is -0.265. The zero-order valence-electron chi connectivity index (χ0n) is 11.8. The molecule has 1 aliphatic carbocycles. The van der Waals surface area contributed by atoms with Crippen LogP contribution in [-0.2, 0) is 9.53 Å². The first-order chi connectivity index (χ1) is 10.1. The van der Waals surface area contributed by atoms with Crippen molar-refractivity contribution in [2.24, 2.45) is 5.92 Å². The summed E-state index contributed by atoms with van der Waals surface area (Å²) in [6.07, 6.45) is 5.68. The maximum absolute atomic E-state index is 12.0. The first kappa shape index (κ1) is 15.7. The Labute approximate surface area is 128 Å². The fourth-order valence-corrected chi connectivity index (χ4v) is 2.52. The summed E-state index contributed by atoms with van der Waals surface area (Å²) in [7, 11) is 0. The molecule has 7 heteroatoms. The number of hydrogen-bond acceptors (Lipinski definition) is 5. The lowest BCUT2D eigenvalue weighted by Crippen LogP contribution is -2.39. The fraction of sp³-hybridized carbons (Fsp3) is 0.571. The van der Waals surface area contributed by atoms with Crippen LogP contribution in [0.25, 0.3) is 0 Å². The molecular formula is C14H18ClN3O3. The standard InChI is InChI=1S/C14H18ClN3O3/c1-2-21-14(20)9-3-5-10(6-4-9)18-13(19)11-7-17-12(15)8-16-11/h7-10H,2-6H2,1H3,(H,18,19). The topological polar surface area (TPSA) is 81.2 Å². The summed E-state index contributed by atoms with van der Waals surface area (Å²) >= 11 is 5.63. The molecule has 0 aromatic carbocycles. The highest BCUT2D eigenvalue weighted by Gasteiger charge is 2.28. The second-order valence-electron chi connectivity index (χ2n) is 5.00. The quantitative estimate of drug-likeness (QED) is 0.860. The van der Waals surface area contributed by atoms with Crippen LogP contribution in [0.15, 0.2) is 12.4 Å². The highest BCUT2D eigenvalue weighted by Crippen LogP contribution is 2.25. The molecule has 1 N–H and O–H groups in total.